The van der Waals surface area contributed by atoms with E-state index < -0.39 is 0 Å². The predicted molar refractivity (Wildman–Crippen MR) is 76.8 cm³/mol. The van der Waals surface area contributed by atoms with Crippen molar-refractivity contribution in [1.82, 2.24) is 14.9 Å². The highest BCUT2D eigenvalue weighted by Gasteiger charge is 2.12. The quantitative estimate of drug-likeness (QED) is 0.807. The van der Waals surface area contributed by atoms with Crippen LogP contribution >= 0.6 is 0 Å². The lowest BCUT2D eigenvalue weighted by molar-refractivity contribution is 0.257. The van der Waals surface area contributed by atoms with Crippen molar-refractivity contribution in [2.75, 3.05) is 31.2 Å². The zero-order valence-corrected chi connectivity index (χ0v) is 12.1. The summed E-state index contributed by atoms with van der Waals surface area (Å²) in [4.78, 5) is 10.7. The highest BCUT2D eigenvalue weighted by atomic mass is 15.2. The van der Waals surface area contributed by atoms with E-state index in [2.05, 4.69) is 41.1 Å². The van der Waals surface area contributed by atoms with Gasteiger partial charge in [-0.25, -0.2) is 4.98 Å². The van der Waals surface area contributed by atoms with E-state index in [-0.39, 0.29) is 0 Å². The van der Waals surface area contributed by atoms with E-state index in [1.54, 1.807) is 0 Å². The molecular formula is C13H25N5. The second-order valence-corrected chi connectivity index (χ2v) is 4.66. The molecule has 1 heterocycles. The fourth-order valence-electron chi connectivity index (χ4n) is 1.91. The van der Waals surface area contributed by atoms with Gasteiger partial charge in [-0.1, -0.05) is 13.8 Å². The maximum absolute atomic E-state index is 5.68. The Labute approximate surface area is 110 Å². The topological polar surface area (TPSA) is 67.1 Å². The van der Waals surface area contributed by atoms with Gasteiger partial charge in [-0.05, 0) is 33.9 Å². The summed E-state index contributed by atoms with van der Waals surface area (Å²) < 4.78 is 0. The monoisotopic (exact) mass is 251 g/mol. The largest absolute Gasteiger partial charge is 0.368 e. The number of hydrogen-bond acceptors (Lipinski definition) is 5. The van der Waals surface area contributed by atoms with Gasteiger partial charge in [0.15, 0.2) is 0 Å². The number of aromatic nitrogens is 2. The number of anilines is 2. The molecule has 0 fully saturated rings. The summed E-state index contributed by atoms with van der Waals surface area (Å²) in [7, 11) is 2.14. The smallest absolute Gasteiger partial charge is 0.222 e. The summed E-state index contributed by atoms with van der Waals surface area (Å²) in [5, 5.41) is 3.39. The molecule has 102 valence electrons. The number of aryl methyl sites for hydroxylation is 1. The van der Waals surface area contributed by atoms with Crippen LogP contribution in [0.1, 0.15) is 31.5 Å². The molecule has 0 aliphatic carbocycles. The number of nitrogens with one attached hydrogen (secondary N) is 1. The van der Waals surface area contributed by atoms with Crippen LogP contribution < -0.4 is 11.1 Å². The van der Waals surface area contributed by atoms with Crippen LogP contribution in [0, 0.1) is 13.8 Å². The van der Waals surface area contributed by atoms with Gasteiger partial charge in [-0.15, -0.1) is 0 Å². The van der Waals surface area contributed by atoms with Crippen LogP contribution in [0.3, 0.4) is 0 Å². The molecule has 1 aromatic heterocycles. The molecule has 5 nitrogen and oxygen atoms in total. The molecule has 0 amide bonds. The molecule has 0 spiro atoms. The van der Waals surface area contributed by atoms with Gasteiger partial charge in [0.1, 0.15) is 5.82 Å². The molecule has 0 radical (unpaired) electrons. The normalized spacial score (nSPS) is 12.8. The van der Waals surface area contributed by atoms with Gasteiger partial charge in [0.05, 0.1) is 0 Å². The average Bonchev–Trinajstić information content (AvgIpc) is 2.35. The Morgan fingerprint density at radius 1 is 1.28 bits per heavy atom. The third-order valence-corrected chi connectivity index (χ3v) is 3.51. The van der Waals surface area contributed by atoms with E-state index in [4.69, 9.17) is 5.73 Å². The lowest BCUT2D eigenvalue weighted by Gasteiger charge is -2.26. The highest BCUT2D eigenvalue weighted by Crippen LogP contribution is 2.16. The van der Waals surface area contributed by atoms with Crippen LogP contribution in [0.4, 0.5) is 11.8 Å². The predicted octanol–water partition coefficient (Wildman–Crippen LogP) is 1.82. The van der Waals surface area contributed by atoms with Crippen LogP contribution in [-0.2, 0) is 0 Å². The Balaban J connectivity index is 2.73. The van der Waals surface area contributed by atoms with Gasteiger partial charge < -0.3 is 16.0 Å². The van der Waals surface area contributed by atoms with Crippen molar-refractivity contribution in [3.05, 3.63) is 11.3 Å². The van der Waals surface area contributed by atoms with E-state index >= 15 is 0 Å². The second-order valence-electron chi connectivity index (χ2n) is 4.66. The summed E-state index contributed by atoms with van der Waals surface area (Å²) in [5.74, 6) is 1.18. The van der Waals surface area contributed by atoms with Crippen molar-refractivity contribution in [3.63, 3.8) is 0 Å². The number of rotatable bonds is 6. The van der Waals surface area contributed by atoms with E-state index in [1.807, 2.05) is 13.8 Å². The number of hydrogen-bond donors (Lipinski definition) is 2. The summed E-state index contributed by atoms with van der Waals surface area (Å²) in [6, 6.07) is 0.505. The minimum atomic E-state index is 0.331. The first kappa shape index (κ1) is 14.7. The summed E-state index contributed by atoms with van der Waals surface area (Å²) in [6.45, 7) is 10.3. The molecule has 1 atom stereocenters. The number of nitrogens with zero attached hydrogens (tertiary/aromatic N) is 3. The molecule has 0 aliphatic rings. The fourth-order valence-corrected chi connectivity index (χ4v) is 1.91. The molecule has 18 heavy (non-hydrogen) atoms. The Hall–Kier alpha value is -1.36. The first-order valence-corrected chi connectivity index (χ1v) is 6.54. The minimum Gasteiger partial charge on any atom is -0.368 e. The number of likely N-dealkylation sites (N-methyl/N-ethyl adjacent to an activating group) is 1. The molecule has 0 saturated heterocycles. The lowest BCUT2D eigenvalue weighted by Crippen LogP contribution is -2.36. The Morgan fingerprint density at radius 3 is 2.50 bits per heavy atom. The van der Waals surface area contributed by atoms with E-state index in [0.717, 1.165) is 36.6 Å². The maximum atomic E-state index is 5.68. The van der Waals surface area contributed by atoms with Crippen LogP contribution in [0.5, 0.6) is 0 Å². The Bertz CT molecular complexity index is 391. The highest BCUT2D eigenvalue weighted by molar-refractivity contribution is 5.48. The first-order valence-electron chi connectivity index (χ1n) is 6.54. The van der Waals surface area contributed by atoms with Gasteiger partial charge in [0.2, 0.25) is 5.95 Å². The average molecular weight is 251 g/mol. The van der Waals surface area contributed by atoms with Gasteiger partial charge in [0.25, 0.3) is 0 Å². The van der Waals surface area contributed by atoms with Crippen molar-refractivity contribution in [3.8, 4) is 0 Å². The molecule has 3 N–H and O–H groups in total. The van der Waals surface area contributed by atoms with E-state index in [1.165, 1.54) is 0 Å². The Morgan fingerprint density at radius 2 is 1.94 bits per heavy atom. The summed E-state index contributed by atoms with van der Waals surface area (Å²) >= 11 is 0. The summed E-state index contributed by atoms with van der Waals surface area (Å²) in [6.07, 6.45) is 1.11. The molecule has 0 aromatic carbocycles. The first-order chi connectivity index (χ1) is 8.49. The SMILES string of the molecule is CC[C@H](CNc1nc(N)nc(C)c1C)N(C)CC. The summed E-state index contributed by atoms with van der Waals surface area (Å²) in [5.41, 5.74) is 7.68. The van der Waals surface area contributed by atoms with Crippen LogP contribution in [0.25, 0.3) is 0 Å². The molecule has 0 aliphatic heterocycles. The zero-order valence-electron chi connectivity index (χ0n) is 12.1. The van der Waals surface area contributed by atoms with Crippen LogP contribution in [0.15, 0.2) is 0 Å². The van der Waals surface area contributed by atoms with Crippen molar-refractivity contribution < 1.29 is 0 Å². The van der Waals surface area contributed by atoms with Crippen LogP contribution in [0.2, 0.25) is 0 Å². The molecule has 0 saturated carbocycles. The van der Waals surface area contributed by atoms with Crippen molar-refractivity contribution in [2.24, 2.45) is 0 Å². The third kappa shape index (κ3) is 3.57. The van der Waals surface area contributed by atoms with Gasteiger partial charge in [-0.2, -0.15) is 4.98 Å². The van der Waals surface area contributed by atoms with E-state index in [9.17, 15) is 0 Å². The molecule has 1 aromatic rings. The second kappa shape index (κ2) is 6.54. The standard InChI is InChI=1S/C13H25N5/c1-6-11(18(5)7-2)8-15-12-9(3)10(4)16-13(14)17-12/h11H,6-8H2,1-5H3,(H3,14,15,16,17)/t11-/m1/s1. The molecule has 1 rings (SSSR count). The van der Waals surface area contributed by atoms with Crippen molar-refractivity contribution >= 4 is 11.8 Å². The minimum absolute atomic E-state index is 0.331. The number of nitrogen functional groups attached to an aromatic ring is 1. The lowest BCUT2D eigenvalue weighted by atomic mass is 10.2. The van der Waals surface area contributed by atoms with Gasteiger partial charge in [0, 0.05) is 23.8 Å². The molecular weight excluding hydrogens is 226 g/mol. The fraction of sp³-hybridized carbons (Fsp3) is 0.692. The van der Waals surface area contributed by atoms with Gasteiger partial charge >= 0.3 is 0 Å². The van der Waals surface area contributed by atoms with Gasteiger partial charge in [-0.3, -0.25) is 0 Å². The molecule has 5 heteroatoms. The molecule has 0 bridgehead atoms. The number of nitrogens with two attached hydrogens (primary N) is 1. The maximum Gasteiger partial charge on any atom is 0.222 e. The van der Waals surface area contributed by atoms with E-state index in [0.29, 0.717) is 12.0 Å². The van der Waals surface area contributed by atoms with Crippen molar-refractivity contribution in [2.45, 2.75) is 40.2 Å². The van der Waals surface area contributed by atoms with Crippen molar-refractivity contribution in [1.29, 1.82) is 0 Å². The Kier molecular flexibility index (Phi) is 5.34. The zero-order chi connectivity index (χ0) is 13.7. The third-order valence-electron chi connectivity index (χ3n) is 3.51. The molecule has 0 unspecified atom stereocenters. The van der Waals surface area contributed by atoms with Crippen LogP contribution in [-0.4, -0.2) is 41.0 Å².